The maximum absolute atomic E-state index is 6.08. The Morgan fingerprint density at radius 2 is 2.11 bits per heavy atom. The highest BCUT2D eigenvalue weighted by molar-refractivity contribution is 9.10. The number of fused-ring (bicyclic) bond motifs is 1. The molecule has 3 N–H and O–H groups in total. The van der Waals surface area contributed by atoms with Crippen LogP contribution in [-0.2, 0) is 0 Å². The quantitative estimate of drug-likeness (QED) is 0.892. The maximum atomic E-state index is 6.08. The molecule has 0 amide bonds. The summed E-state index contributed by atoms with van der Waals surface area (Å²) in [5.74, 6) is 0.787. The first kappa shape index (κ1) is 12.7. The molecule has 0 atom stereocenters. The molecule has 1 aliphatic rings. The van der Waals surface area contributed by atoms with Gasteiger partial charge in [0.05, 0.1) is 23.1 Å². The van der Waals surface area contributed by atoms with Gasteiger partial charge in [-0.05, 0) is 37.0 Å². The highest BCUT2D eigenvalue weighted by Gasteiger charge is 2.15. The van der Waals surface area contributed by atoms with E-state index in [2.05, 4.69) is 32.3 Å². The van der Waals surface area contributed by atoms with Crippen molar-refractivity contribution in [1.29, 1.82) is 0 Å². The minimum absolute atomic E-state index is 0.726. The van der Waals surface area contributed by atoms with E-state index in [0.29, 0.717) is 0 Å². The average molecular weight is 320 g/mol. The monoisotopic (exact) mass is 319 g/mol. The minimum atomic E-state index is 0.726. The third-order valence-corrected chi connectivity index (χ3v) is 4.39. The topological polar surface area (TPSA) is 50.9 Å². The largest absolute Gasteiger partial charge is 0.396 e. The fourth-order valence-corrected chi connectivity index (χ4v) is 3.20. The molecule has 0 spiro atoms. The van der Waals surface area contributed by atoms with E-state index in [-0.39, 0.29) is 0 Å². The summed E-state index contributed by atoms with van der Waals surface area (Å²) >= 11 is 3.51. The highest BCUT2D eigenvalue weighted by atomic mass is 79.9. The Kier molecular flexibility index (Phi) is 3.60. The van der Waals surface area contributed by atoms with E-state index in [1.165, 1.54) is 25.7 Å². The Morgan fingerprint density at radius 1 is 1.32 bits per heavy atom. The number of nitrogens with zero attached hydrogens (tertiary/aromatic N) is 1. The molecule has 4 heteroatoms. The molecular formula is C15H18BrN3. The van der Waals surface area contributed by atoms with Gasteiger partial charge in [-0.1, -0.05) is 28.8 Å². The van der Waals surface area contributed by atoms with Gasteiger partial charge in [0.1, 0.15) is 0 Å². The van der Waals surface area contributed by atoms with Crippen LogP contribution in [0, 0.1) is 5.92 Å². The van der Waals surface area contributed by atoms with Gasteiger partial charge < -0.3 is 11.1 Å². The Morgan fingerprint density at radius 3 is 2.89 bits per heavy atom. The van der Waals surface area contributed by atoms with Crippen molar-refractivity contribution in [2.24, 2.45) is 5.92 Å². The van der Waals surface area contributed by atoms with Crippen LogP contribution in [0.3, 0.4) is 0 Å². The summed E-state index contributed by atoms with van der Waals surface area (Å²) in [6.07, 6.45) is 7.14. The van der Waals surface area contributed by atoms with Crippen molar-refractivity contribution >= 4 is 38.2 Å². The number of benzene rings is 1. The molecule has 3 rings (SSSR count). The summed E-state index contributed by atoms with van der Waals surface area (Å²) in [4.78, 5) is 4.38. The van der Waals surface area contributed by atoms with Gasteiger partial charge in [-0.2, -0.15) is 0 Å². The van der Waals surface area contributed by atoms with Gasteiger partial charge in [-0.3, -0.25) is 4.98 Å². The van der Waals surface area contributed by atoms with Crippen LogP contribution in [0.4, 0.5) is 11.4 Å². The van der Waals surface area contributed by atoms with Gasteiger partial charge in [0.15, 0.2) is 0 Å². The molecule has 100 valence electrons. The van der Waals surface area contributed by atoms with Crippen molar-refractivity contribution < 1.29 is 0 Å². The number of pyridine rings is 1. The first-order chi connectivity index (χ1) is 9.24. The number of nitrogens with two attached hydrogens (primary N) is 1. The molecule has 0 unspecified atom stereocenters. The molecule has 19 heavy (non-hydrogen) atoms. The second-order valence-electron chi connectivity index (χ2n) is 5.28. The third-order valence-electron chi connectivity index (χ3n) is 3.90. The fraction of sp³-hybridized carbons (Fsp3) is 0.400. The van der Waals surface area contributed by atoms with E-state index in [1.807, 2.05) is 12.1 Å². The van der Waals surface area contributed by atoms with Crippen molar-refractivity contribution in [1.82, 2.24) is 4.98 Å². The standard InChI is InChI=1S/C15H18BrN3/c16-11-5-6-14-12(7-11)15(13(17)9-18-14)19-8-10-3-1-2-4-10/h5-7,9-10H,1-4,8,17H2,(H,18,19). The van der Waals surface area contributed by atoms with Gasteiger partial charge in [-0.15, -0.1) is 0 Å². The lowest BCUT2D eigenvalue weighted by Crippen LogP contribution is -2.12. The lowest BCUT2D eigenvalue weighted by Gasteiger charge is -2.15. The van der Waals surface area contributed by atoms with Crippen molar-refractivity contribution in [3.63, 3.8) is 0 Å². The molecule has 1 fully saturated rings. The van der Waals surface area contributed by atoms with E-state index in [1.54, 1.807) is 6.20 Å². The summed E-state index contributed by atoms with van der Waals surface area (Å²) in [5, 5.41) is 4.63. The number of aromatic nitrogens is 1. The van der Waals surface area contributed by atoms with Crippen LogP contribution >= 0.6 is 15.9 Å². The van der Waals surface area contributed by atoms with E-state index < -0.39 is 0 Å². The Hall–Kier alpha value is -1.29. The molecule has 0 radical (unpaired) electrons. The van der Waals surface area contributed by atoms with E-state index in [4.69, 9.17) is 5.73 Å². The second kappa shape index (κ2) is 5.37. The number of halogens is 1. The maximum Gasteiger partial charge on any atom is 0.0743 e. The number of hydrogen-bond acceptors (Lipinski definition) is 3. The van der Waals surface area contributed by atoms with Crippen molar-refractivity contribution in [2.75, 3.05) is 17.6 Å². The predicted octanol–water partition coefficient (Wildman–Crippen LogP) is 4.18. The van der Waals surface area contributed by atoms with Gasteiger partial charge >= 0.3 is 0 Å². The lowest BCUT2D eigenvalue weighted by molar-refractivity contribution is 0.580. The lowest BCUT2D eigenvalue weighted by atomic mass is 10.1. The zero-order valence-corrected chi connectivity index (χ0v) is 12.4. The number of rotatable bonds is 3. The Balaban J connectivity index is 1.91. The molecular weight excluding hydrogens is 302 g/mol. The van der Waals surface area contributed by atoms with Gasteiger partial charge in [0.2, 0.25) is 0 Å². The van der Waals surface area contributed by atoms with Crippen molar-refractivity contribution in [3.05, 3.63) is 28.9 Å². The first-order valence-corrected chi connectivity index (χ1v) is 7.61. The zero-order valence-electron chi connectivity index (χ0n) is 10.8. The van der Waals surface area contributed by atoms with Gasteiger partial charge in [-0.25, -0.2) is 0 Å². The van der Waals surface area contributed by atoms with Gasteiger partial charge in [0, 0.05) is 16.4 Å². The zero-order chi connectivity index (χ0) is 13.2. The molecule has 2 aromatic rings. The van der Waals surface area contributed by atoms with Crippen LogP contribution in [-0.4, -0.2) is 11.5 Å². The Labute approximate surface area is 121 Å². The van der Waals surface area contributed by atoms with Crippen LogP contribution < -0.4 is 11.1 Å². The van der Waals surface area contributed by atoms with Crippen molar-refractivity contribution in [2.45, 2.75) is 25.7 Å². The molecule has 0 aliphatic heterocycles. The summed E-state index contributed by atoms with van der Waals surface area (Å²) in [6.45, 7) is 1.01. The molecule has 3 nitrogen and oxygen atoms in total. The summed E-state index contributed by atoms with van der Waals surface area (Å²) < 4.78 is 1.05. The van der Waals surface area contributed by atoms with Crippen molar-refractivity contribution in [3.8, 4) is 0 Å². The third kappa shape index (κ3) is 2.68. The highest BCUT2D eigenvalue weighted by Crippen LogP contribution is 2.31. The number of nitrogens with one attached hydrogen (secondary N) is 1. The summed E-state index contributed by atoms with van der Waals surface area (Å²) in [7, 11) is 0. The fourth-order valence-electron chi connectivity index (χ4n) is 2.84. The second-order valence-corrected chi connectivity index (χ2v) is 6.20. The van der Waals surface area contributed by atoms with Gasteiger partial charge in [0.25, 0.3) is 0 Å². The van der Waals surface area contributed by atoms with E-state index >= 15 is 0 Å². The van der Waals surface area contributed by atoms with E-state index in [0.717, 1.165) is 39.2 Å². The SMILES string of the molecule is Nc1cnc2ccc(Br)cc2c1NCC1CCCC1. The summed E-state index contributed by atoms with van der Waals surface area (Å²) in [6, 6.07) is 6.10. The molecule has 0 saturated heterocycles. The summed E-state index contributed by atoms with van der Waals surface area (Å²) in [5.41, 5.74) is 8.81. The van der Waals surface area contributed by atoms with Crippen LogP contribution in [0.1, 0.15) is 25.7 Å². The van der Waals surface area contributed by atoms with Crippen LogP contribution in [0.2, 0.25) is 0 Å². The Bertz CT molecular complexity index is 586. The molecule has 1 aromatic heterocycles. The molecule has 0 bridgehead atoms. The normalized spacial score (nSPS) is 16.1. The van der Waals surface area contributed by atoms with Crippen LogP contribution in [0.15, 0.2) is 28.9 Å². The molecule has 1 heterocycles. The average Bonchev–Trinajstić information content (AvgIpc) is 2.91. The number of anilines is 2. The number of hydrogen-bond donors (Lipinski definition) is 2. The molecule has 1 aromatic carbocycles. The first-order valence-electron chi connectivity index (χ1n) is 6.81. The van der Waals surface area contributed by atoms with Crippen LogP contribution in [0.5, 0.6) is 0 Å². The van der Waals surface area contributed by atoms with Crippen LogP contribution in [0.25, 0.3) is 10.9 Å². The smallest absolute Gasteiger partial charge is 0.0743 e. The predicted molar refractivity (Wildman–Crippen MR) is 84.3 cm³/mol. The number of nitrogen functional groups attached to an aromatic ring is 1. The molecule has 1 saturated carbocycles. The minimum Gasteiger partial charge on any atom is -0.396 e. The molecule has 1 aliphatic carbocycles. The van der Waals surface area contributed by atoms with E-state index in [9.17, 15) is 0 Å².